The van der Waals surface area contributed by atoms with Crippen molar-refractivity contribution < 1.29 is 19.7 Å². The van der Waals surface area contributed by atoms with E-state index in [1.807, 2.05) is 44.2 Å². The van der Waals surface area contributed by atoms with Gasteiger partial charge in [0.2, 0.25) is 0 Å². The highest BCUT2D eigenvalue weighted by atomic mass is 16.5. The lowest BCUT2D eigenvalue weighted by Gasteiger charge is -2.20. The third kappa shape index (κ3) is 6.17. The number of benzene rings is 1. The Balaban J connectivity index is 2.30. The summed E-state index contributed by atoms with van der Waals surface area (Å²) in [6.07, 6.45) is -0.0308. The molecule has 20 heavy (non-hydrogen) atoms. The van der Waals surface area contributed by atoms with E-state index >= 15 is 0 Å². The summed E-state index contributed by atoms with van der Waals surface area (Å²) in [7, 11) is 0. The first-order valence-corrected chi connectivity index (χ1v) is 7.03. The van der Waals surface area contributed by atoms with E-state index in [1.54, 1.807) is 0 Å². The van der Waals surface area contributed by atoms with Crippen molar-refractivity contribution in [3.63, 3.8) is 0 Å². The van der Waals surface area contributed by atoms with Crippen LogP contribution in [-0.4, -0.2) is 28.9 Å². The highest BCUT2D eigenvalue weighted by Gasteiger charge is 2.26. The number of hydrogen-bond acceptors (Lipinski definition) is 3. The van der Waals surface area contributed by atoms with Crippen LogP contribution in [0, 0.1) is 11.8 Å². The molecular formula is C16H24O4. The number of aliphatic hydroxyl groups excluding tert-OH is 1. The van der Waals surface area contributed by atoms with E-state index in [2.05, 4.69) is 0 Å². The molecule has 4 heteroatoms. The van der Waals surface area contributed by atoms with Gasteiger partial charge < -0.3 is 14.9 Å². The van der Waals surface area contributed by atoms with Gasteiger partial charge in [0.05, 0.1) is 18.6 Å². The first kappa shape index (κ1) is 16.7. The Kier molecular flexibility index (Phi) is 7.26. The van der Waals surface area contributed by atoms with E-state index < -0.39 is 18.0 Å². The molecule has 0 aliphatic carbocycles. The van der Waals surface area contributed by atoms with Gasteiger partial charge in [-0.05, 0) is 24.3 Å². The van der Waals surface area contributed by atoms with Crippen molar-refractivity contribution >= 4 is 5.97 Å². The number of rotatable bonds is 9. The fourth-order valence-corrected chi connectivity index (χ4v) is 2.10. The van der Waals surface area contributed by atoms with Crippen LogP contribution in [0.4, 0.5) is 0 Å². The summed E-state index contributed by atoms with van der Waals surface area (Å²) >= 11 is 0. The third-order valence-corrected chi connectivity index (χ3v) is 3.18. The fraction of sp³-hybridized carbons (Fsp3) is 0.562. The second kappa shape index (κ2) is 8.72. The highest BCUT2D eigenvalue weighted by Crippen LogP contribution is 2.18. The van der Waals surface area contributed by atoms with Crippen molar-refractivity contribution in [2.24, 2.45) is 11.8 Å². The molecule has 0 radical (unpaired) electrons. The topological polar surface area (TPSA) is 66.8 Å². The van der Waals surface area contributed by atoms with Crippen LogP contribution >= 0.6 is 0 Å². The lowest BCUT2D eigenvalue weighted by Crippen LogP contribution is -2.30. The highest BCUT2D eigenvalue weighted by molar-refractivity contribution is 5.70. The minimum absolute atomic E-state index is 0.246. The van der Waals surface area contributed by atoms with Crippen molar-refractivity contribution in [2.45, 2.75) is 39.4 Å². The molecule has 0 aliphatic rings. The third-order valence-electron chi connectivity index (χ3n) is 3.18. The van der Waals surface area contributed by atoms with Crippen LogP contribution in [0.3, 0.4) is 0 Å². The first-order valence-electron chi connectivity index (χ1n) is 7.03. The van der Waals surface area contributed by atoms with Gasteiger partial charge in [0, 0.05) is 6.61 Å². The van der Waals surface area contributed by atoms with Crippen molar-refractivity contribution in [3.8, 4) is 0 Å². The van der Waals surface area contributed by atoms with Gasteiger partial charge in [0.1, 0.15) is 0 Å². The van der Waals surface area contributed by atoms with Crippen molar-refractivity contribution in [1.82, 2.24) is 0 Å². The summed E-state index contributed by atoms with van der Waals surface area (Å²) in [5, 5.41) is 19.1. The minimum atomic E-state index is -0.936. The quantitative estimate of drug-likeness (QED) is 0.682. The maximum atomic E-state index is 11.1. The second-order valence-corrected chi connectivity index (χ2v) is 5.47. The Bertz CT molecular complexity index is 389. The molecule has 1 aromatic rings. The standard InChI is InChI=1S/C16H24O4/c1-12(2)10-14(16(18)19)15(17)8-9-20-11-13-6-4-3-5-7-13/h3-7,12,14-15,17H,8-11H2,1-2H3,(H,18,19)/t14-,15-/m0/s1. The van der Waals surface area contributed by atoms with Crippen molar-refractivity contribution in [3.05, 3.63) is 35.9 Å². The number of hydrogen-bond donors (Lipinski definition) is 2. The molecule has 2 N–H and O–H groups in total. The predicted molar refractivity (Wildman–Crippen MR) is 77.3 cm³/mol. The summed E-state index contributed by atoms with van der Waals surface area (Å²) in [4.78, 5) is 11.1. The zero-order valence-electron chi connectivity index (χ0n) is 12.2. The number of aliphatic carboxylic acids is 1. The van der Waals surface area contributed by atoms with Gasteiger partial charge in [-0.1, -0.05) is 44.2 Å². The van der Waals surface area contributed by atoms with E-state index in [9.17, 15) is 9.90 Å². The Morgan fingerprint density at radius 1 is 1.25 bits per heavy atom. The van der Waals surface area contributed by atoms with Gasteiger partial charge in [-0.3, -0.25) is 4.79 Å². The molecule has 4 nitrogen and oxygen atoms in total. The maximum Gasteiger partial charge on any atom is 0.309 e. The lowest BCUT2D eigenvalue weighted by atomic mass is 9.91. The fourth-order valence-electron chi connectivity index (χ4n) is 2.10. The van der Waals surface area contributed by atoms with E-state index in [0.29, 0.717) is 26.1 Å². The molecular weight excluding hydrogens is 256 g/mol. The monoisotopic (exact) mass is 280 g/mol. The van der Waals surface area contributed by atoms with Crippen LogP contribution in [0.1, 0.15) is 32.3 Å². The van der Waals surface area contributed by atoms with Gasteiger partial charge >= 0.3 is 5.97 Å². The second-order valence-electron chi connectivity index (χ2n) is 5.47. The summed E-state index contributed by atoms with van der Waals surface area (Å²) in [5.74, 6) is -1.40. The number of ether oxygens (including phenoxy) is 1. The molecule has 2 atom stereocenters. The van der Waals surface area contributed by atoms with Gasteiger partial charge in [0.25, 0.3) is 0 Å². The summed E-state index contributed by atoms with van der Waals surface area (Å²) in [6.45, 7) is 4.75. The molecule has 0 heterocycles. The molecule has 0 saturated carbocycles. The van der Waals surface area contributed by atoms with Crippen LogP contribution in [-0.2, 0) is 16.1 Å². The molecule has 1 aromatic carbocycles. The molecule has 0 saturated heterocycles. The average molecular weight is 280 g/mol. The summed E-state index contributed by atoms with van der Waals surface area (Å²) < 4.78 is 5.47. The van der Waals surface area contributed by atoms with Crippen LogP contribution < -0.4 is 0 Å². The van der Waals surface area contributed by atoms with E-state index in [4.69, 9.17) is 9.84 Å². The van der Waals surface area contributed by atoms with Crippen LogP contribution in [0.5, 0.6) is 0 Å². The Hall–Kier alpha value is -1.39. The molecule has 112 valence electrons. The van der Waals surface area contributed by atoms with E-state index in [0.717, 1.165) is 5.56 Å². The first-order chi connectivity index (χ1) is 9.50. The van der Waals surface area contributed by atoms with Gasteiger partial charge in [0.15, 0.2) is 0 Å². The minimum Gasteiger partial charge on any atom is -0.481 e. The molecule has 0 fully saturated rings. The molecule has 0 aromatic heterocycles. The van der Waals surface area contributed by atoms with Gasteiger partial charge in [-0.2, -0.15) is 0 Å². The molecule has 1 rings (SSSR count). The number of carbonyl (C=O) groups is 1. The van der Waals surface area contributed by atoms with E-state index in [1.165, 1.54) is 0 Å². The summed E-state index contributed by atoms with van der Waals surface area (Å²) in [6, 6.07) is 9.76. The Morgan fingerprint density at radius 3 is 2.45 bits per heavy atom. The molecule has 0 bridgehead atoms. The SMILES string of the molecule is CC(C)C[C@H](C(=O)O)[C@@H](O)CCOCc1ccccc1. The molecule has 0 spiro atoms. The number of carboxylic acid groups (broad SMARTS) is 1. The van der Waals surface area contributed by atoms with Crippen LogP contribution in [0.25, 0.3) is 0 Å². The average Bonchev–Trinajstić information content (AvgIpc) is 2.41. The molecule has 0 amide bonds. The smallest absolute Gasteiger partial charge is 0.309 e. The predicted octanol–water partition coefficient (Wildman–Crippen LogP) is 2.70. The van der Waals surface area contributed by atoms with Crippen molar-refractivity contribution in [1.29, 1.82) is 0 Å². The summed E-state index contributed by atoms with van der Waals surface area (Å²) in [5.41, 5.74) is 1.07. The Morgan fingerprint density at radius 2 is 1.90 bits per heavy atom. The number of aliphatic hydroxyl groups is 1. The van der Waals surface area contributed by atoms with Crippen LogP contribution in [0.15, 0.2) is 30.3 Å². The zero-order chi connectivity index (χ0) is 15.0. The Labute approximate surface area is 120 Å². The van der Waals surface area contributed by atoms with E-state index in [-0.39, 0.29) is 5.92 Å². The van der Waals surface area contributed by atoms with Crippen LogP contribution in [0.2, 0.25) is 0 Å². The zero-order valence-corrected chi connectivity index (χ0v) is 12.2. The van der Waals surface area contributed by atoms with Gasteiger partial charge in [-0.25, -0.2) is 0 Å². The van der Waals surface area contributed by atoms with Crippen molar-refractivity contribution in [2.75, 3.05) is 6.61 Å². The molecule has 0 aliphatic heterocycles. The number of carboxylic acids is 1. The lowest BCUT2D eigenvalue weighted by molar-refractivity contribution is -0.147. The van der Waals surface area contributed by atoms with Gasteiger partial charge in [-0.15, -0.1) is 0 Å². The molecule has 0 unspecified atom stereocenters. The largest absolute Gasteiger partial charge is 0.481 e. The normalized spacial score (nSPS) is 14.2. The maximum absolute atomic E-state index is 11.1.